The molecule has 24 heavy (non-hydrogen) atoms. The number of ether oxygens (including phenoxy) is 2. The average Bonchev–Trinajstić information content (AvgIpc) is 2.50. The molecular weight excluding hydrogens is 316 g/mol. The summed E-state index contributed by atoms with van der Waals surface area (Å²) in [5.74, 6) is -1.21. The second kappa shape index (κ2) is 6.88. The van der Waals surface area contributed by atoms with Crippen LogP contribution < -0.4 is 15.0 Å². The van der Waals surface area contributed by atoms with E-state index in [0.29, 0.717) is 17.1 Å². The number of carboxylic acid groups (broad SMARTS) is 1. The third-order valence-corrected chi connectivity index (χ3v) is 3.48. The van der Waals surface area contributed by atoms with Crippen molar-refractivity contribution in [1.82, 2.24) is 0 Å². The minimum Gasteiger partial charge on any atom is -0.481 e. The van der Waals surface area contributed by atoms with Crippen molar-refractivity contribution in [2.24, 2.45) is 0 Å². The Hall–Kier alpha value is -2.61. The second-order valence-electron chi connectivity index (χ2n) is 5.89. The van der Waals surface area contributed by atoms with Crippen LogP contribution in [-0.4, -0.2) is 42.3 Å². The molecule has 0 atom stereocenters. The SMILES string of the molecule is COCN1C(=O)C(C)(C)Oc2ccc(NC(=O)CCC(=O)O)cc21. The predicted molar refractivity (Wildman–Crippen MR) is 86.0 cm³/mol. The van der Waals surface area contributed by atoms with Crippen LogP contribution in [0.1, 0.15) is 26.7 Å². The van der Waals surface area contributed by atoms with Crippen LogP contribution in [0.5, 0.6) is 5.75 Å². The van der Waals surface area contributed by atoms with Crippen LogP contribution in [0, 0.1) is 0 Å². The van der Waals surface area contributed by atoms with Crippen LogP contribution in [0.4, 0.5) is 11.4 Å². The molecule has 0 aliphatic carbocycles. The van der Waals surface area contributed by atoms with Crippen molar-refractivity contribution in [2.75, 3.05) is 24.1 Å². The summed E-state index contributed by atoms with van der Waals surface area (Å²) in [6.07, 6.45) is -0.376. The van der Waals surface area contributed by atoms with E-state index in [1.54, 1.807) is 32.0 Å². The summed E-state index contributed by atoms with van der Waals surface area (Å²) < 4.78 is 10.8. The number of nitrogens with zero attached hydrogens (tertiary/aromatic N) is 1. The molecule has 1 aliphatic rings. The van der Waals surface area contributed by atoms with E-state index in [-0.39, 0.29) is 25.5 Å². The summed E-state index contributed by atoms with van der Waals surface area (Å²) in [6, 6.07) is 4.88. The fourth-order valence-electron chi connectivity index (χ4n) is 2.35. The summed E-state index contributed by atoms with van der Waals surface area (Å²) in [4.78, 5) is 36.2. The molecule has 1 heterocycles. The first-order chi connectivity index (χ1) is 11.2. The predicted octanol–water partition coefficient (Wildman–Crippen LogP) is 1.60. The van der Waals surface area contributed by atoms with Crippen LogP contribution in [0.3, 0.4) is 0 Å². The van der Waals surface area contributed by atoms with Crippen molar-refractivity contribution in [3.8, 4) is 5.75 Å². The zero-order valence-electron chi connectivity index (χ0n) is 13.8. The van der Waals surface area contributed by atoms with Gasteiger partial charge in [0.1, 0.15) is 12.5 Å². The Labute approximate surface area is 139 Å². The number of benzene rings is 1. The third kappa shape index (κ3) is 3.83. The topological polar surface area (TPSA) is 105 Å². The zero-order chi connectivity index (χ0) is 17.9. The Morgan fingerprint density at radius 2 is 2.04 bits per heavy atom. The minimum absolute atomic E-state index is 0.0506. The molecule has 0 saturated heterocycles. The van der Waals surface area contributed by atoms with E-state index < -0.39 is 17.5 Å². The van der Waals surface area contributed by atoms with Crippen molar-refractivity contribution < 1.29 is 29.0 Å². The third-order valence-electron chi connectivity index (χ3n) is 3.48. The highest BCUT2D eigenvalue weighted by Crippen LogP contribution is 2.39. The molecule has 0 spiro atoms. The van der Waals surface area contributed by atoms with E-state index >= 15 is 0 Å². The maximum atomic E-state index is 12.5. The molecule has 0 radical (unpaired) electrons. The maximum absolute atomic E-state index is 12.5. The van der Waals surface area contributed by atoms with Crippen molar-refractivity contribution in [1.29, 1.82) is 0 Å². The number of aliphatic carboxylic acids is 1. The number of anilines is 2. The van der Waals surface area contributed by atoms with Crippen LogP contribution in [0.15, 0.2) is 18.2 Å². The lowest BCUT2D eigenvalue weighted by atomic mass is 10.0. The quantitative estimate of drug-likeness (QED) is 0.817. The molecule has 130 valence electrons. The van der Waals surface area contributed by atoms with Gasteiger partial charge in [0.2, 0.25) is 5.91 Å². The Balaban J connectivity index is 2.24. The normalized spacial score (nSPS) is 15.5. The van der Waals surface area contributed by atoms with Gasteiger partial charge in [0.15, 0.2) is 5.60 Å². The number of methoxy groups -OCH3 is 1. The van der Waals surface area contributed by atoms with Crippen LogP contribution in [-0.2, 0) is 19.1 Å². The summed E-state index contributed by atoms with van der Waals surface area (Å²) >= 11 is 0. The molecule has 0 aromatic heterocycles. The van der Waals surface area contributed by atoms with Gasteiger partial charge in [0.05, 0.1) is 12.1 Å². The molecule has 1 aromatic rings. The number of fused-ring (bicyclic) bond motifs is 1. The molecule has 0 saturated carbocycles. The number of amides is 2. The lowest BCUT2D eigenvalue weighted by Gasteiger charge is -2.38. The maximum Gasteiger partial charge on any atom is 0.303 e. The molecular formula is C16H20N2O6. The van der Waals surface area contributed by atoms with Gasteiger partial charge in [-0.3, -0.25) is 19.3 Å². The van der Waals surface area contributed by atoms with Gasteiger partial charge in [-0.15, -0.1) is 0 Å². The summed E-state index contributed by atoms with van der Waals surface area (Å²) in [7, 11) is 1.48. The van der Waals surface area contributed by atoms with E-state index in [0.717, 1.165) is 0 Å². The van der Waals surface area contributed by atoms with E-state index in [1.165, 1.54) is 12.0 Å². The molecule has 2 amide bonds. The average molecular weight is 336 g/mol. The van der Waals surface area contributed by atoms with Gasteiger partial charge >= 0.3 is 5.97 Å². The smallest absolute Gasteiger partial charge is 0.303 e. The Morgan fingerprint density at radius 1 is 1.33 bits per heavy atom. The van der Waals surface area contributed by atoms with Crippen molar-refractivity contribution in [2.45, 2.75) is 32.3 Å². The van der Waals surface area contributed by atoms with Crippen LogP contribution >= 0.6 is 0 Å². The van der Waals surface area contributed by atoms with Gasteiger partial charge in [-0.1, -0.05) is 0 Å². The molecule has 2 N–H and O–H groups in total. The number of nitrogens with one attached hydrogen (secondary N) is 1. The van der Waals surface area contributed by atoms with Crippen molar-refractivity contribution in [3.63, 3.8) is 0 Å². The van der Waals surface area contributed by atoms with Crippen molar-refractivity contribution >= 4 is 29.2 Å². The molecule has 0 fully saturated rings. The largest absolute Gasteiger partial charge is 0.481 e. The lowest BCUT2D eigenvalue weighted by Crippen LogP contribution is -2.53. The highest BCUT2D eigenvalue weighted by atomic mass is 16.5. The molecule has 0 unspecified atom stereocenters. The first kappa shape index (κ1) is 17.7. The van der Waals surface area contributed by atoms with Crippen LogP contribution in [0.2, 0.25) is 0 Å². The van der Waals surface area contributed by atoms with E-state index in [9.17, 15) is 14.4 Å². The summed E-state index contributed by atoms with van der Waals surface area (Å²) in [6.45, 7) is 3.39. The Bertz CT molecular complexity index is 671. The van der Waals surface area contributed by atoms with Gasteiger partial charge < -0.3 is 19.9 Å². The fourth-order valence-corrected chi connectivity index (χ4v) is 2.35. The van der Waals surface area contributed by atoms with E-state index in [4.69, 9.17) is 14.6 Å². The number of carbonyl (C=O) groups is 3. The molecule has 0 bridgehead atoms. The Morgan fingerprint density at radius 3 is 2.67 bits per heavy atom. The Kier molecular flexibility index (Phi) is 5.08. The van der Waals surface area contributed by atoms with Gasteiger partial charge in [0, 0.05) is 19.2 Å². The monoisotopic (exact) mass is 336 g/mol. The standard InChI is InChI=1S/C16H20N2O6/c1-16(2)15(22)18(9-23-3)11-8-10(4-5-12(11)24-16)17-13(19)6-7-14(20)21/h4-5,8H,6-7,9H2,1-3H3,(H,17,19)(H,20,21). The number of rotatable bonds is 6. The second-order valence-corrected chi connectivity index (χ2v) is 5.89. The molecule has 2 rings (SSSR count). The molecule has 1 aliphatic heterocycles. The first-order valence-electron chi connectivity index (χ1n) is 7.40. The number of hydrogen-bond donors (Lipinski definition) is 2. The van der Waals surface area contributed by atoms with E-state index in [1.807, 2.05) is 0 Å². The van der Waals surface area contributed by atoms with E-state index in [2.05, 4.69) is 5.32 Å². The summed E-state index contributed by atoms with van der Waals surface area (Å²) in [5.41, 5.74) is -0.0869. The van der Waals surface area contributed by atoms with Gasteiger partial charge in [0.25, 0.3) is 5.91 Å². The summed E-state index contributed by atoms with van der Waals surface area (Å²) in [5, 5.41) is 11.2. The van der Waals surface area contributed by atoms with Gasteiger partial charge in [-0.05, 0) is 32.0 Å². The number of carbonyl (C=O) groups excluding carboxylic acids is 2. The molecule has 1 aromatic carbocycles. The van der Waals surface area contributed by atoms with Gasteiger partial charge in [-0.25, -0.2) is 0 Å². The molecule has 8 heteroatoms. The van der Waals surface area contributed by atoms with Crippen molar-refractivity contribution in [3.05, 3.63) is 18.2 Å². The highest BCUT2D eigenvalue weighted by molar-refractivity contribution is 6.03. The van der Waals surface area contributed by atoms with Gasteiger partial charge in [-0.2, -0.15) is 0 Å². The number of hydrogen-bond acceptors (Lipinski definition) is 5. The first-order valence-corrected chi connectivity index (χ1v) is 7.40. The highest BCUT2D eigenvalue weighted by Gasteiger charge is 2.41. The molecule has 8 nitrogen and oxygen atoms in total. The minimum atomic E-state index is -1.04. The lowest BCUT2D eigenvalue weighted by molar-refractivity contribution is -0.138. The fraction of sp³-hybridized carbons (Fsp3) is 0.438. The zero-order valence-corrected chi connectivity index (χ0v) is 13.8. The number of carboxylic acids is 1. The van der Waals surface area contributed by atoms with Crippen LogP contribution in [0.25, 0.3) is 0 Å².